The number of aromatic nitrogens is 2. The first-order valence-electron chi connectivity index (χ1n) is 9.81. The number of piperazine rings is 1. The van der Waals surface area contributed by atoms with Gasteiger partial charge in [-0.15, -0.1) is 0 Å². The van der Waals surface area contributed by atoms with Crippen LogP contribution in [0.2, 0.25) is 0 Å². The fourth-order valence-electron chi connectivity index (χ4n) is 3.68. The Morgan fingerprint density at radius 1 is 1.00 bits per heavy atom. The van der Waals surface area contributed by atoms with Crippen LogP contribution in [0.5, 0.6) is 0 Å². The van der Waals surface area contributed by atoms with Gasteiger partial charge in [-0.05, 0) is 37.1 Å². The zero-order valence-electron chi connectivity index (χ0n) is 16.5. The molecule has 1 saturated heterocycles. The number of hydrogen-bond acceptors (Lipinski definition) is 4. The molecule has 28 heavy (non-hydrogen) atoms. The Morgan fingerprint density at radius 2 is 1.75 bits per heavy atom. The Balaban J connectivity index is 1.81. The van der Waals surface area contributed by atoms with Gasteiger partial charge in [-0.25, -0.2) is 0 Å². The van der Waals surface area contributed by atoms with Crippen molar-refractivity contribution in [1.29, 1.82) is 0 Å². The summed E-state index contributed by atoms with van der Waals surface area (Å²) in [6.45, 7) is 7.72. The number of benzene rings is 2. The van der Waals surface area contributed by atoms with Gasteiger partial charge >= 0.3 is 0 Å². The van der Waals surface area contributed by atoms with Crippen LogP contribution in [0.15, 0.2) is 59.5 Å². The summed E-state index contributed by atoms with van der Waals surface area (Å²) in [4.78, 5) is 15.7. The molecule has 1 aliphatic rings. The third kappa shape index (κ3) is 3.85. The quantitative estimate of drug-likeness (QED) is 0.763. The molecule has 144 valence electrons. The van der Waals surface area contributed by atoms with Gasteiger partial charge in [-0.3, -0.25) is 4.79 Å². The number of hydrogen-bond donors (Lipinski definition) is 1. The topological polar surface area (TPSA) is 50.2 Å². The normalized spacial score (nSPS) is 14.3. The van der Waals surface area contributed by atoms with Crippen molar-refractivity contribution in [2.75, 3.05) is 31.1 Å². The van der Waals surface area contributed by atoms with Gasteiger partial charge in [-0.1, -0.05) is 42.0 Å². The van der Waals surface area contributed by atoms with Gasteiger partial charge in [0.2, 0.25) is 0 Å². The Hall–Kier alpha value is -2.92. The first-order valence-corrected chi connectivity index (χ1v) is 9.81. The molecule has 0 amide bonds. The molecular formula is C23H26N4O. The van der Waals surface area contributed by atoms with Gasteiger partial charge in [0.25, 0.3) is 5.56 Å². The maximum Gasteiger partial charge on any atom is 0.277 e. The van der Waals surface area contributed by atoms with E-state index in [0.29, 0.717) is 6.42 Å². The monoisotopic (exact) mass is 374 g/mol. The van der Waals surface area contributed by atoms with E-state index in [1.165, 1.54) is 10.2 Å². The molecule has 0 atom stereocenters. The van der Waals surface area contributed by atoms with E-state index in [2.05, 4.69) is 46.5 Å². The molecule has 0 unspecified atom stereocenters. The van der Waals surface area contributed by atoms with Crippen molar-refractivity contribution in [1.82, 2.24) is 15.1 Å². The highest BCUT2D eigenvalue weighted by atomic mass is 16.1. The fourth-order valence-corrected chi connectivity index (χ4v) is 3.68. The fraction of sp³-hybridized carbons (Fsp3) is 0.304. The first kappa shape index (κ1) is 18.4. The predicted molar refractivity (Wildman–Crippen MR) is 114 cm³/mol. The van der Waals surface area contributed by atoms with Crippen molar-refractivity contribution in [2.45, 2.75) is 20.3 Å². The van der Waals surface area contributed by atoms with E-state index in [-0.39, 0.29) is 5.56 Å². The molecule has 1 aliphatic heterocycles. The maximum absolute atomic E-state index is 13.5. The standard InChI is InChI=1S/C23H26N4O/c1-17-6-8-19(9-7-17)15-21-22(26-12-10-24-11-13-26)16-25-27(23(21)28)20-5-3-4-18(2)14-20/h3-9,14,16,24H,10-13,15H2,1-2H3. The van der Waals surface area contributed by atoms with Gasteiger partial charge in [0.1, 0.15) is 0 Å². The Morgan fingerprint density at radius 3 is 2.46 bits per heavy atom. The summed E-state index contributed by atoms with van der Waals surface area (Å²) in [7, 11) is 0. The highest BCUT2D eigenvalue weighted by molar-refractivity contribution is 5.54. The second-order valence-corrected chi connectivity index (χ2v) is 7.46. The SMILES string of the molecule is Cc1ccc(Cc2c(N3CCNCC3)cnn(-c3cccc(C)c3)c2=O)cc1. The molecule has 1 aromatic heterocycles. The Kier molecular flexibility index (Phi) is 5.26. The molecule has 4 rings (SSSR count). The van der Waals surface area contributed by atoms with E-state index in [1.807, 2.05) is 37.4 Å². The van der Waals surface area contributed by atoms with Crippen LogP contribution in [-0.2, 0) is 6.42 Å². The van der Waals surface area contributed by atoms with Gasteiger partial charge in [-0.2, -0.15) is 9.78 Å². The minimum absolute atomic E-state index is 0.0396. The maximum atomic E-state index is 13.5. The third-order valence-electron chi connectivity index (χ3n) is 5.26. The van der Waals surface area contributed by atoms with Crippen molar-refractivity contribution >= 4 is 5.69 Å². The van der Waals surface area contributed by atoms with Crippen LogP contribution in [-0.4, -0.2) is 36.0 Å². The lowest BCUT2D eigenvalue weighted by Gasteiger charge is -2.30. The molecule has 0 aliphatic carbocycles. The van der Waals surface area contributed by atoms with Crippen LogP contribution >= 0.6 is 0 Å². The van der Waals surface area contributed by atoms with Crippen molar-refractivity contribution in [3.8, 4) is 5.69 Å². The van der Waals surface area contributed by atoms with Gasteiger partial charge < -0.3 is 10.2 Å². The lowest BCUT2D eigenvalue weighted by molar-refractivity contribution is 0.585. The number of rotatable bonds is 4. The minimum Gasteiger partial charge on any atom is -0.367 e. The van der Waals surface area contributed by atoms with Crippen molar-refractivity contribution in [3.63, 3.8) is 0 Å². The lowest BCUT2D eigenvalue weighted by Crippen LogP contribution is -2.45. The number of anilines is 1. The average molecular weight is 374 g/mol. The Bertz CT molecular complexity index is 1020. The second kappa shape index (κ2) is 7.98. The van der Waals surface area contributed by atoms with Crippen molar-refractivity contribution < 1.29 is 0 Å². The first-order chi connectivity index (χ1) is 13.6. The molecular weight excluding hydrogens is 348 g/mol. The summed E-state index contributed by atoms with van der Waals surface area (Å²) < 4.78 is 1.53. The summed E-state index contributed by atoms with van der Waals surface area (Å²) >= 11 is 0. The van der Waals surface area contributed by atoms with Gasteiger partial charge in [0.15, 0.2) is 0 Å². The van der Waals surface area contributed by atoms with Gasteiger partial charge in [0, 0.05) is 38.2 Å². The number of aryl methyl sites for hydroxylation is 2. The second-order valence-electron chi connectivity index (χ2n) is 7.46. The molecule has 1 N–H and O–H groups in total. The number of nitrogens with one attached hydrogen (secondary N) is 1. The highest BCUT2D eigenvalue weighted by Gasteiger charge is 2.19. The molecule has 5 heteroatoms. The van der Waals surface area contributed by atoms with Crippen LogP contribution in [0.4, 0.5) is 5.69 Å². The van der Waals surface area contributed by atoms with E-state index < -0.39 is 0 Å². The van der Waals surface area contributed by atoms with E-state index in [0.717, 1.165) is 54.2 Å². The lowest BCUT2D eigenvalue weighted by atomic mass is 10.0. The number of nitrogens with zero attached hydrogens (tertiary/aromatic N) is 3. The van der Waals surface area contributed by atoms with Gasteiger partial charge in [0.05, 0.1) is 17.6 Å². The van der Waals surface area contributed by atoms with Crippen molar-refractivity contribution in [3.05, 3.63) is 87.3 Å². The van der Waals surface area contributed by atoms with E-state index >= 15 is 0 Å². The van der Waals surface area contributed by atoms with Crippen LogP contribution in [0.3, 0.4) is 0 Å². The third-order valence-corrected chi connectivity index (χ3v) is 5.26. The summed E-state index contributed by atoms with van der Waals surface area (Å²) in [6, 6.07) is 16.3. The molecule has 0 bridgehead atoms. The van der Waals surface area contributed by atoms with Crippen LogP contribution in [0, 0.1) is 13.8 Å². The molecule has 1 fully saturated rings. The summed E-state index contributed by atoms with van der Waals surface area (Å²) in [5.41, 5.74) is 6.00. The van der Waals surface area contributed by atoms with Crippen molar-refractivity contribution in [2.24, 2.45) is 0 Å². The zero-order valence-corrected chi connectivity index (χ0v) is 16.5. The molecule has 2 heterocycles. The van der Waals surface area contributed by atoms with Crippen LogP contribution < -0.4 is 15.8 Å². The molecule has 5 nitrogen and oxygen atoms in total. The van der Waals surface area contributed by atoms with Crippen LogP contribution in [0.1, 0.15) is 22.3 Å². The molecule has 0 spiro atoms. The summed E-state index contributed by atoms with van der Waals surface area (Å²) in [5, 5.41) is 7.90. The molecule has 2 aromatic carbocycles. The molecule has 0 saturated carbocycles. The van der Waals surface area contributed by atoms with E-state index in [1.54, 1.807) is 0 Å². The summed E-state index contributed by atoms with van der Waals surface area (Å²) in [5.74, 6) is 0. The van der Waals surface area contributed by atoms with E-state index in [4.69, 9.17) is 0 Å². The minimum atomic E-state index is -0.0396. The average Bonchev–Trinajstić information content (AvgIpc) is 2.71. The molecule has 3 aromatic rings. The van der Waals surface area contributed by atoms with Crippen LogP contribution in [0.25, 0.3) is 5.69 Å². The largest absolute Gasteiger partial charge is 0.367 e. The van der Waals surface area contributed by atoms with E-state index in [9.17, 15) is 4.79 Å². The molecule has 0 radical (unpaired) electrons. The Labute approximate surface area is 165 Å². The summed E-state index contributed by atoms with van der Waals surface area (Å²) in [6.07, 6.45) is 2.46. The predicted octanol–water partition coefficient (Wildman–Crippen LogP) is 2.85. The smallest absolute Gasteiger partial charge is 0.277 e. The highest BCUT2D eigenvalue weighted by Crippen LogP contribution is 2.21. The zero-order chi connectivity index (χ0) is 19.5.